The highest BCUT2D eigenvalue weighted by molar-refractivity contribution is 7.17. The number of fused-ring (bicyclic) bond motifs is 1. The zero-order valence-corrected chi connectivity index (χ0v) is 11.2. The molecule has 0 saturated heterocycles. The van der Waals surface area contributed by atoms with E-state index in [4.69, 9.17) is 10.5 Å². The summed E-state index contributed by atoms with van der Waals surface area (Å²) in [7, 11) is 1.58. The zero-order valence-electron chi connectivity index (χ0n) is 10.4. The summed E-state index contributed by atoms with van der Waals surface area (Å²) in [6.07, 6.45) is 1.47. The molecular weight excluding hydrogens is 258 g/mol. The number of ether oxygens (including phenoxy) is 1. The summed E-state index contributed by atoms with van der Waals surface area (Å²) in [5, 5.41) is 3.28. The van der Waals surface area contributed by atoms with Crippen LogP contribution in [-0.4, -0.2) is 17.1 Å². The molecule has 0 aliphatic rings. The van der Waals surface area contributed by atoms with Crippen LogP contribution < -0.4 is 10.5 Å². The summed E-state index contributed by atoms with van der Waals surface area (Å²) >= 11 is 1.69. The Morgan fingerprint density at radius 2 is 2.16 bits per heavy atom. The van der Waals surface area contributed by atoms with Gasteiger partial charge in [0, 0.05) is 10.8 Å². The zero-order chi connectivity index (χ0) is 13.2. The summed E-state index contributed by atoms with van der Waals surface area (Å²) in [4.78, 5) is 8.24. The molecule has 0 saturated carbocycles. The Kier molecular flexibility index (Phi) is 3.15. The van der Waals surface area contributed by atoms with Crippen LogP contribution in [0.4, 0.5) is 0 Å². The molecule has 3 aromatic rings. The van der Waals surface area contributed by atoms with E-state index < -0.39 is 0 Å². The van der Waals surface area contributed by atoms with Gasteiger partial charge in [0.15, 0.2) is 0 Å². The second kappa shape index (κ2) is 4.95. The van der Waals surface area contributed by atoms with Gasteiger partial charge in [-0.25, -0.2) is 9.97 Å². The van der Waals surface area contributed by atoms with Crippen LogP contribution in [0, 0.1) is 0 Å². The molecule has 1 aromatic carbocycles. The maximum absolute atomic E-state index is 6.33. The highest BCUT2D eigenvalue weighted by atomic mass is 32.1. The summed E-state index contributed by atoms with van der Waals surface area (Å²) in [6.45, 7) is 0. The SMILES string of the molecule is COc1cc(C(N)c2cccc3ccsc23)ncn1. The topological polar surface area (TPSA) is 61.0 Å². The fourth-order valence-electron chi connectivity index (χ4n) is 2.06. The molecule has 1 atom stereocenters. The van der Waals surface area contributed by atoms with E-state index in [1.54, 1.807) is 24.5 Å². The van der Waals surface area contributed by atoms with Gasteiger partial charge in [-0.05, 0) is 22.4 Å². The molecule has 96 valence electrons. The molecule has 2 heterocycles. The van der Waals surface area contributed by atoms with Crippen molar-refractivity contribution < 1.29 is 4.74 Å². The third-order valence-electron chi connectivity index (χ3n) is 3.04. The van der Waals surface area contributed by atoms with E-state index >= 15 is 0 Å². The average Bonchev–Trinajstić information content (AvgIpc) is 2.95. The molecule has 19 heavy (non-hydrogen) atoms. The molecule has 4 nitrogen and oxygen atoms in total. The molecule has 3 rings (SSSR count). The lowest BCUT2D eigenvalue weighted by atomic mass is 10.0. The molecule has 1 unspecified atom stereocenters. The molecule has 0 bridgehead atoms. The van der Waals surface area contributed by atoms with Crippen LogP contribution in [0.1, 0.15) is 17.3 Å². The highest BCUT2D eigenvalue weighted by Crippen LogP contribution is 2.30. The van der Waals surface area contributed by atoms with Gasteiger partial charge in [0.05, 0.1) is 18.8 Å². The largest absolute Gasteiger partial charge is 0.481 e. The summed E-state index contributed by atoms with van der Waals surface area (Å²) in [6, 6.07) is 9.73. The van der Waals surface area contributed by atoms with Crippen molar-refractivity contribution >= 4 is 21.4 Å². The van der Waals surface area contributed by atoms with Crippen LogP contribution in [0.5, 0.6) is 5.88 Å². The summed E-state index contributed by atoms with van der Waals surface area (Å²) < 4.78 is 6.31. The predicted octanol–water partition coefficient (Wildman–Crippen LogP) is 2.75. The molecule has 0 aliphatic heterocycles. The molecule has 0 spiro atoms. The molecule has 0 fully saturated rings. The summed E-state index contributed by atoms with van der Waals surface area (Å²) in [5.74, 6) is 0.527. The van der Waals surface area contributed by atoms with Crippen LogP contribution in [-0.2, 0) is 0 Å². The van der Waals surface area contributed by atoms with E-state index in [0.29, 0.717) is 5.88 Å². The van der Waals surface area contributed by atoms with Gasteiger partial charge >= 0.3 is 0 Å². The number of aromatic nitrogens is 2. The van der Waals surface area contributed by atoms with Gasteiger partial charge in [-0.3, -0.25) is 0 Å². The number of nitrogens with two attached hydrogens (primary N) is 1. The van der Waals surface area contributed by atoms with Gasteiger partial charge in [-0.2, -0.15) is 0 Å². The predicted molar refractivity (Wildman–Crippen MR) is 76.4 cm³/mol. The number of methoxy groups -OCH3 is 1. The Labute approximate surface area is 114 Å². The quantitative estimate of drug-likeness (QED) is 0.795. The van der Waals surface area contributed by atoms with Crippen LogP contribution in [0.3, 0.4) is 0 Å². The Balaban J connectivity index is 2.07. The van der Waals surface area contributed by atoms with E-state index in [2.05, 4.69) is 27.5 Å². The number of thiophene rings is 1. The van der Waals surface area contributed by atoms with Crippen LogP contribution in [0.25, 0.3) is 10.1 Å². The van der Waals surface area contributed by atoms with Crippen molar-refractivity contribution in [2.45, 2.75) is 6.04 Å². The lowest BCUT2D eigenvalue weighted by molar-refractivity contribution is 0.395. The smallest absolute Gasteiger partial charge is 0.216 e. The second-order valence-electron chi connectivity index (χ2n) is 4.15. The Morgan fingerprint density at radius 3 is 3.00 bits per heavy atom. The first-order valence-corrected chi connectivity index (χ1v) is 6.75. The van der Waals surface area contributed by atoms with E-state index in [1.165, 1.54) is 16.4 Å². The average molecular weight is 271 g/mol. The van der Waals surface area contributed by atoms with Gasteiger partial charge in [0.2, 0.25) is 5.88 Å². The van der Waals surface area contributed by atoms with E-state index in [-0.39, 0.29) is 6.04 Å². The second-order valence-corrected chi connectivity index (χ2v) is 5.07. The van der Waals surface area contributed by atoms with E-state index in [0.717, 1.165) is 11.3 Å². The first-order chi connectivity index (χ1) is 9.29. The van der Waals surface area contributed by atoms with Crippen molar-refractivity contribution in [2.24, 2.45) is 5.73 Å². The minimum absolute atomic E-state index is 0.278. The Hall–Kier alpha value is -1.98. The van der Waals surface area contributed by atoms with Gasteiger partial charge < -0.3 is 10.5 Å². The van der Waals surface area contributed by atoms with Crippen molar-refractivity contribution in [1.29, 1.82) is 0 Å². The Bertz CT molecular complexity index is 710. The first-order valence-electron chi connectivity index (χ1n) is 5.87. The van der Waals surface area contributed by atoms with Gasteiger partial charge in [-0.1, -0.05) is 18.2 Å². The molecule has 0 radical (unpaired) electrons. The molecule has 2 aromatic heterocycles. The number of rotatable bonds is 3. The minimum Gasteiger partial charge on any atom is -0.481 e. The van der Waals surface area contributed by atoms with Crippen molar-refractivity contribution in [1.82, 2.24) is 9.97 Å². The number of hydrogen-bond donors (Lipinski definition) is 1. The molecule has 0 aliphatic carbocycles. The van der Waals surface area contributed by atoms with Gasteiger partial charge in [0.1, 0.15) is 6.33 Å². The fourth-order valence-corrected chi connectivity index (χ4v) is 3.01. The number of nitrogens with zero attached hydrogens (tertiary/aromatic N) is 2. The van der Waals surface area contributed by atoms with Crippen LogP contribution in [0.2, 0.25) is 0 Å². The van der Waals surface area contributed by atoms with E-state index in [1.807, 2.05) is 12.1 Å². The number of hydrogen-bond acceptors (Lipinski definition) is 5. The van der Waals surface area contributed by atoms with Crippen molar-refractivity contribution in [3.63, 3.8) is 0 Å². The fraction of sp³-hybridized carbons (Fsp3) is 0.143. The van der Waals surface area contributed by atoms with Crippen molar-refractivity contribution in [3.8, 4) is 5.88 Å². The van der Waals surface area contributed by atoms with Crippen LogP contribution in [0.15, 0.2) is 42.0 Å². The highest BCUT2D eigenvalue weighted by Gasteiger charge is 2.15. The normalized spacial score (nSPS) is 12.5. The molecule has 2 N–H and O–H groups in total. The maximum atomic E-state index is 6.33. The van der Waals surface area contributed by atoms with Gasteiger partial charge in [-0.15, -0.1) is 11.3 Å². The monoisotopic (exact) mass is 271 g/mol. The number of benzene rings is 1. The lowest BCUT2D eigenvalue weighted by Gasteiger charge is -2.13. The third-order valence-corrected chi connectivity index (χ3v) is 4.01. The molecule has 5 heteroatoms. The van der Waals surface area contributed by atoms with Crippen LogP contribution >= 0.6 is 11.3 Å². The lowest BCUT2D eigenvalue weighted by Crippen LogP contribution is -2.14. The van der Waals surface area contributed by atoms with Gasteiger partial charge in [0.25, 0.3) is 0 Å². The van der Waals surface area contributed by atoms with Crippen molar-refractivity contribution in [2.75, 3.05) is 7.11 Å². The standard InChI is InChI=1S/C14H13N3OS/c1-18-12-7-11(16-8-17-12)13(15)10-4-2-3-9-5-6-19-14(9)10/h2-8,13H,15H2,1H3. The molecular formula is C14H13N3OS. The minimum atomic E-state index is -0.278. The first kappa shape index (κ1) is 12.1. The van der Waals surface area contributed by atoms with E-state index in [9.17, 15) is 0 Å². The Morgan fingerprint density at radius 1 is 1.26 bits per heavy atom. The van der Waals surface area contributed by atoms with Crippen molar-refractivity contribution in [3.05, 3.63) is 53.3 Å². The molecule has 0 amide bonds. The summed E-state index contributed by atoms with van der Waals surface area (Å²) in [5.41, 5.74) is 8.16. The third kappa shape index (κ3) is 2.18. The maximum Gasteiger partial charge on any atom is 0.216 e.